The van der Waals surface area contributed by atoms with Gasteiger partial charge in [0.1, 0.15) is 52.9 Å². The maximum absolute atomic E-state index is 2.57. The number of nitrogens with zero attached hydrogens (tertiary/aromatic N) is 12. The molecule has 0 bridgehead atoms. The van der Waals surface area contributed by atoms with Crippen LogP contribution in [0, 0.1) is 41.5 Å². The van der Waals surface area contributed by atoms with Crippen molar-refractivity contribution in [3.05, 3.63) is 276 Å². The van der Waals surface area contributed by atoms with E-state index >= 15 is 0 Å². The highest BCUT2D eigenvalue weighted by Gasteiger charge is 2.36. The minimum absolute atomic E-state index is 0.323. The van der Waals surface area contributed by atoms with Gasteiger partial charge in [-0.05, 0) is 221 Å². The predicted molar refractivity (Wildman–Crippen MR) is 443 cm³/mol. The van der Waals surface area contributed by atoms with E-state index in [0.717, 1.165) is 0 Å². The number of pyridine rings is 4. The van der Waals surface area contributed by atoms with Crippen LogP contribution >= 0.6 is 0 Å². The van der Waals surface area contributed by atoms with Crippen LogP contribution in [-0.2, 0) is 28.2 Å². The molecule has 7 aromatic carbocycles. The van der Waals surface area contributed by atoms with E-state index < -0.39 is 0 Å². The molecule has 4 aromatic heterocycles. The van der Waals surface area contributed by atoms with Crippen molar-refractivity contribution in [1.82, 2.24) is 19.6 Å². The van der Waals surface area contributed by atoms with Crippen LogP contribution in [0.25, 0.3) is 77.5 Å². The number of benzene rings is 7. The summed E-state index contributed by atoms with van der Waals surface area (Å²) in [5.74, 6) is 0. The molecule has 544 valence electrons. The Hall–Kier alpha value is -10.7. The Morgan fingerprint density at radius 2 is 0.981 bits per heavy atom. The molecule has 0 spiro atoms. The van der Waals surface area contributed by atoms with Crippen LogP contribution in [0.2, 0.25) is 0 Å². The zero-order chi connectivity index (χ0) is 75.1. The normalized spacial score (nSPS) is 17.8. The molecule has 0 radical (unpaired) electrons. The first-order valence-corrected chi connectivity index (χ1v) is 38.3. The van der Waals surface area contributed by atoms with E-state index in [-0.39, 0.29) is 0 Å². The SMILES string of the molecule is CC1=C(C)N(c2c(C)cc(C)c(-c3cccc[n+]3C)c2C)[C@H](C)N1C.Cc1c(-c2c3ccccc3cc[n+]2C)cccc1N1C=CN(C2CCCC2)[C@H]1C.Cc1c(-c2cc3ccccc3c[n+]2C)cccc1N1C=CN(C)[C@H]1C.Cc1c(-c2ccc3ccccc3[n+]2C)cccc1N1C=CN(C(C)C)[C@H]1C. The molecule has 4 atom stereocenters. The van der Waals surface area contributed by atoms with Crippen molar-refractivity contribution in [3.63, 3.8) is 0 Å². The van der Waals surface area contributed by atoms with Gasteiger partial charge in [0.25, 0.3) is 0 Å². The van der Waals surface area contributed by atoms with Gasteiger partial charge in [0.05, 0.1) is 27.6 Å². The number of hydrogen-bond acceptors (Lipinski definition) is 8. The van der Waals surface area contributed by atoms with Gasteiger partial charge in [-0.3, -0.25) is 0 Å². The lowest BCUT2D eigenvalue weighted by Crippen LogP contribution is -2.41. The van der Waals surface area contributed by atoms with Crippen LogP contribution in [-0.4, -0.2) is 70.4 Å². The highest BCUT2D eigenvalue weighted by Crippen LogP contribution is 2.43. The molecule has 106 heavy (non-hydrogen) atoms. The number of hydrogen-bond donors (Lipinski definition) is 0. The van der Waals surface area contributed by atoms with Gasteiger partial charge in [0.15, 0.2) is 18.6 Å². The van der Waals surface area contributed by atoms with Gasteiger partial charge < -0.3 is 39.2 Å². The van der Waals surface area contributed by atoms with Crippen LogP contribution in [0.1, 0.15) is 114 Å². The topological polar surface area (TPSA) is 41.4 Å². The Balaban J connectivity index is 0.000000125. The summed E-state index contributed by atoms with van der Waals surface area (Å²) < 4.78 is 8.99. The van der Waals surface area contributed by atoms with Crippen LogP contribution < -0.4 is 37.9 Å². The summed E-state index contributed by atoms with van der Waals surface area (Å²) in [6.07, 6.45) is 26.5. The fraction of sp³-hybridized carbons (Fsp3) is 0.319. The van der Waals surface area contributed by atoms with Crippen molar-refractivity contribution < 1.29 is 18.3 Å². The fourth-order valence-corrected chi connectivity index (χ4v) is 17.4. The number of rotatable bonds is 10. The van der Waals surface area contributed by atoms with Crippen LogP contribution in [0.5, 0.6) is 0 Å². The first-order chi connectivity index (χ1) is 50.9. The summed E-state index contributed by atoms with van der Waals surface area (Å²) >= 11 is 0. The molecule has 4 aliphatic heterocycles. The molecule has 0 N–H and O–H groups in total. The fourth-order valence-electron chi connectivity index (χ4n) is 17.4. The Labute approximate surface area is 632 Å². The molecule has 11 aromatic rings. The van der Waals surface area contributed by atoms with E-state index in [1.165, 1.54) is 171 Å². The lowest BCUT2D eigenvalue weighted by atomic mass is 9.93. The molecule has 1 aliphatic carbocycles. The molecule has 5 aliphatic rings. The highest BCUT2D eigenvalue weighted by molar-refractivity contribution is 5.94. The quantitative estimate of drug-likeness (QED) is 0.126. The summed E-state index contributed by atoms with van der Waals surface area (Å²) in [7, 11) is 12.8. The summed E-state index contributed by atoms with van der Waals surface area (Å²) in [6, 6.07) is 64.6. The van der Waals surface area contributed by atoms with Crippen molar-refractivity contribution in [1.29, 1.82) is 0 Å². The third-order valence-electron chi connectivity index (χ3n) is 23.8. The van der Waals surface area contributed by atoms with E-state index in [9.17, 15) is 0 Å². The first kappa shape index (κ1) is 73.6. The second-order valence-corrected chi connectivity index (χ2v) is 30.4. The Morgan fingerprint density at radius 1 is 0.415 bits per heavy atom. The largest absolute Gasteiger partial charge is 0.359 e. The molecule has 12 heteroatoms. The monoisotopic (exact) mass is 1410 g/mol. The average molecular weight is 1410 g/mol. The van der Waals surface area contributed by atoms with Crippen molar-refractivity contribution in [2.24, 2.45) is 28.2 Å². The van der Waals surface area contributed by atoms with Gasteiger partial charge in [-0.1, -0.05) is 85.6 Å². The second kappa shape index (κ2) is 30.8. The Bertz CT molecular complexity index is 5230. The standard InChI is InChI=1S/C26H30N3.C24H28N3.C22H24N3.C22H30N3/c1-19-23(26-24-12-7-4-9-21(24)15-16-27(26)3)13-8-14-25(19)29-18-17-28(20(29)2)22-10-5-6-11-22;1-17(2)26-15-16-27(19(26)4)22-12-8-10-21(18(22)3)24-14-13-20-9-6-7-11-23(20)25(24)5;1-16-20(10-7-11-21(16)25-13-12-23(3)17(25)2)22-14-18-8-5-6-9-19(18)15-24(22)4;1-14-13-15(2)22(25-18(5)17(4)24(8)19(25)6)16(3)21(14)20-11-9-10-12-23(20)7/h4,7-9,12-18,20,22H,5-6,10-11H2,1-3H3;6-17,19H,1-5H3;5-15,17H,1-4H3;9-13,19H,1-8H3/q4*+1/t20-;19-;17-;19-/m1111/s1. The number of aromatic nitrogens is 4. The van der Waals surface area contributed by atoms with E-state index in [1.54, 1.807) is 0 Å². The highest BCUT2D eigenvalue weighted by atomic mass is 15.4. The van der Waals surface area contributed by atoms with Crippen LogP contribution in [0.4, 0.5) is 22.7 Å². The van der Waals surface area contributed by atoms with E-state index in [2.05, 4.69) is 428 Å². The minimum atomic E-state index is 0.323. The van der Waals surface area contributed by atoms with E-state index in [4.69, 9.17) is 0 Å². The van der Waals surface area contributed by atoms with Gasteiger partial charge in [0.2, 0.25) is 28.3 Å². The van der Waals surface area contributed by atoms with Crippen molar-refractivity contribution in [2.45, 2.75) is 159 Å². The lowest BCUT2D eigenvalue weighted by molar-refractivity contribution is -0.660. The van der Waals surface area contributed by atoms with Crippen molar-refractivity contribution >= 4 is 55.2 Å². The van der Waals surface area contributed by atoms with Crippen LogP contribution in [0.3, 0.4) is 0 Å². The molecular weight excluding hydrogens is 1300 g/mol. The molecule has 8 heterocycles. The summed E-state index contributed by atoms with van der Waals surface area (Å²) in [5, 5.41) is 6.39. The van der Waals surface area contributed by atoms with Crippen LogP contribution in [0.15, 0.2) is 243 Å². The summed E-state index contributed by atoms with van der Waals surface area (Å²) in [5.41, 5.74) is 27.3. The third kappa shape index (κ3) is 13.9. The van der Waals surface area contributed by atoms with E-state index in [0.29, 0.717) is 36.7 Å². The number of aryl methyl sites for hydroxylation is 6. The third-order valence-corrected chi connectivity index (χ3v) is 23.8. The lowest BCUT2D eigenvalue weighted by Gasteiger charge is -2.34. The molecule has 1 fully saturated rings. The van der Waals surface area contributed by atoms with Gasteiger partial charge in [0, 0.05) is 145 Å². The van der Waals surface area contributed by atoms with Gasteiger partial charge in [-0.2, -0.15) is 4.57 Å². The molecular formula is C94H112N12+4. The zero-order valence-electron chi connectivity index (χ0n) is 66.6. The number of anilines is 4. The number of para-hydroxylation sites is 1. The molecule has 0 amide bonds. The molecule has 0 unspecified atom stereocenters. The van der Waals surface area contributed by atoms with Gasteiger partial charge in [-0.25, -0.2) is 13.7 Å². The van der Waals surface area contributed by atoms with Gasteiger partial charge in [-0.15, -0.1) is 0 Å². The maximum Gasteiger partial charge on any atom is 0.220 e. The molecule has 1 saturated carbocycles. The second-order valence-electron chi connectivity index (χ2n) is 30.4. The van der Waals surface area contributed by atoms with Crippen molar-refractivity contribution in [2.75, 3.05) is 33.7 Å². The molecule has 0 saturated heterocycles. The Morgan fingerprint density at radius 3 is 1.60 bits per heavy atom. The number of allylic oxidation sites excluding steroid dienone is 2. The van der Waals surface area contributed by atoms with Crippen molar-refractivity contribution in [3.8, 4) is 45.0 Å². The summed E-state index contributed by atoms with van der Waals surface area (Å²) in [4.78, 5) is 19.2. The van der Waals surface area contributed by atoms with E-state index in [1.807, 2.05) is 0 Å². The summed E-state index contributed by atoms with van der Waals surface area (Å²) in [6.45, 7) is 31.5. The minimum Gasteiger partial charge on any atom is -0.359 e. The molecule has 12 nitrogen and oxygen atoms in total. The zero-order valence-corrected chi connectivity index (χ0v) is 66.6. The Kier molecular flexibility index (Phi) is 21.4. The smallest absolute Gasteiger partial charge is 0.220 e. The maximum atomic E-state index is 2.57. The van der Waals surface area contributed by atoms with Gasteiger partial charge >= 0.3 is 0 Å². The first-order valence-electron chi connectivity index (χ1n) is 38.3. The average Bonchev–Trinajstić information content (AvgIpc) is 1.20. The predicted octanol–water partition coefficient (Wildman–Crippen LogP) is 19.2. The molecule has 16 rings (SSSR count). The number of fused-ring (bicyclic) bond motifs is 3.